The van der Waals surface area contributed by atoms with E-state index in [0.717, 1.165) is 24.2 Å². The van der Waals surface area contributed by atoms with Crippen LogP contribution < -0.4 is 5.32 Å². The lowest BCUT2D eigenvalue weighted by atomic mass is 9.61. The molecule has 2 N–H and O–H groups in total. The highest BCUT2D eigenvalue weighted by molar-refractivity contribution is 5.95. The molecule has 0 bridgehead atoms. The van der Waals surface area contributed by atoms with Gasteiger partial charge in [0.1, 0.15) is 0 Å². The van der Waals surface area contributed by atoms with E-state index in [4.69, 9.17) is 0 Å². The summed E-state index contributed by atoms with van der Waals surface area (Å²) in [5, 5.41) is 10.8. The molecule has 2 aliphatic carbocycles. The SMILES string of the molecule is CCCCC1C=Cc2[nH]nc(C(=O)N[C@@H]3CN4CCC45CCC35)c2C1. The Hall–Kier alpha value is -1.62. The number of amides is 1. The van der Waals surface area contributed by atoms with Crippen LogP contribution >= 0.6 is 0 Å². The summed E-state index contributed by atoms with van der Waals surface area (Å²) in [4.78, 5) is 15.5. The summed E-state index contributed by atoms with van der Waals surface area (Å²) in [7, 11) is 0. The third-order valence-corrected chi connectivity index (χ3v) is 7.29. The van der Waals surface area contributed by atoms with Gasteiger partial charge in [0.15, 0.2) is 5.69 Å². The first-order valence-electron chi connectivity index (χ1n) is 10.0. The Morgan fingerprint density at radius 3 is 3.08 bits per heavy atom. The molecule has 134 valence electrons. The van der Waals surface area contributed by atoms with Crippen LogP contribution in [0, 0.1) is 11.8 Å². The molecule has 1 aromatic heterocycles. The van der Waals surface area contributed by atoms with E-state index < -0.39 is 0 Å². The van der Waals surface area contributed by atoms with Gasteiger partial charge in [-0.3, -0.25) is 14.8 Å². The number of carbonyl (C=O) groups is 1. The molecule has 0 aromatic carbocycles. The number of nitrogens with one attached hydrogen (secondary N) is 2. The van der Waals surface area contributed by atoms with Crippen molar-refractivity contribution < 1.29 is 4.79 Å². The first-order valence-corrected chi connectivity index (χ1v) is 10.0. The van der Waals surface area contributed by atoms with Crippen LogP contribution in [0.1, 0.15) is 67.2 Å². The fraction of sp³-hybridized carbons (Fsp3) is 0.700. The van der Waals surface area contributed by atoms with Crippen LogP contribution in [-0.2, 0) is 6.42 Å². The van der Waals surface area contributed by atoms with E-state index in [2.05, 4.69) is 39.5 Å². The van der Waals surface area contributed by atoms with Crippen molar-refractivity contribution in [2.75, 3.05) is 13.1 Å². The minimum absolute atomic E-state index is 0.0246. The summed E-state index contributed by atoms with van der Waals surface area (Å²) in [6.07, 6.45) is 12.9. The van der Waals surface area contributed by atoms with Crippen LogP contribution in [0.2, 0.25) is 0 Å². The van der Waals surface area contributed by atoms with Crippen LogP contribution in [0.5, 0.6) is 0 Å². The van der Waals surface area contributed by atoms with Gasteiger partial charge in [-0.2, -0.15) is 5.10 Å². The minimum Gasteiger partial charge on any atom is -0.346 e. The fourth-order valence-corrected chi connectivity index (χ4v) is 5.64. The number of aromatic nitrogens is 2. The summed E-state index contributed by atoms with van der Waals surface area (Å²) < 4.78 is 0. The molecule has 3 heterocycles. The lowest BCUT2D eigenvalue weighted by Gasteiger charge is -2.58. The van der Waals surface area contributed by atoms with Crippen molar-refractivity contribution in [3.05, 3.63) is 23.0 Å². The van der Waals surface area contributed by atoms with E-state index in [1.165, 1.54) is 45.1 Å². The van der Waals surface area contributed by atoms with E-state index in [9.17, 15) is 4.79 Å². The predicted octanol–water partition coefficient (Wildman–Crippen LogP) is 2.75. The molecule has 5 heteroatoms. The van der Waals surface area contributed by atoms with Gasteiger partial charge in [0, 0.05) is 30.2 Å². The van der Waals surface area contributed by atoms with Gasteiger partial charge in [-0.25, -0.2) is 0 Å². The van der Waals surface area contributed by atoms with E-state index in [-0.39, 0.29) is 5.91 Å². The third kappa shape index (κ3) is 2.24. The molecular formula is C20H28N4O. The van der Waals surface area contributed by atoms with Gasteiger partial charge >= 0.3 is 0 Å². The largest absolute Gasteiger partial charge is 0.346 e. The van der Waals surface area contributed by atoms with Crippen LogP contribution in [0.3, 0.4) is 0 Å². The van der Waals surface area contributed by atoms with Gasteiger partial charge in [-0.1, -0.05) is 25.8 Å². The number of H-pyrrole nitrogens is 1. The van der Waals surface area contributed by atoms with Crippen molar-refractivity contribution in [3.8, 4) is 0 Å². The van der Waals surface area contributed by atoms with Gasteiger partial charge in [0.25, 0.3) is 5.91 Å². The molecule has 1 spiro atoms. The minimum atomic E-state index is 0.0246. The first kappa shape index (κ1) is 15.6. The normalized spacial score (nSPS) is 35.3. The average molecular weight is 340 g/mol. The van der Waals surface area contributed by atoms with Gasteiger partial charge in [-0.15, -0.1) is 0 Å². The molecule has 25 heavy (non-hydrogen) atoms. The van der Waals surface area contributed by atoms with Crippen molar-refractivity contribution in [2.24, 2.45) is 11.8 Å². The summed E-state index contributed by atoms with van der Waals surface area (Å²) >= 11 is 0. The lowest BCUT2D eigenvalue weighted by molar-refractivity contribution is -0.0676. The van der Waals surface area contributed by atoms with E-state index in [1.54, 1.807) is 0 Å². The molecule has 4 aliphatic rings. The number of fused-ring (bicyclic) bond motifs is 1. The van der Waals surface area contributed by atoms with Gasteiger partial charge in [0.05, 0.1) is 5.69 Å². The molecule has 1 saturated carbocycles. The number of carbonyl (C=O) groups excluding carboxylic acids is 1. The first-order chi connectivity index (χ1) is 12.2. The highest BCUT2D eigenvalue weighted by Crippen LogP contribution is 2.57. The molecule has 5 rings (SSSR count). The zero-order chi connectivity index (χ0) is 17.0. The van der Waals surface area contributed by atoms with Crippen LogP contribution in [0.15, 0.2) is 6.08 Å². The van der Waals surface area contributed by atoms with Gasteiger partial charge in [0.2, 0.25) is 0 Å². The smallest absolute Gasteiger partial charge is 0.272 e. The zero-order valence-electron chi connectivity index (χ0n) is 15.1. The monoisotopic (exact) mass is 340 g/mol. The molecule has 1 aromatic rings. The molecule has 3 fully saturated rings. The van der Waals surface area contributed by atoms with Gasteiger partial charge < -0.3 is 5.32 Å². The van der Waals surface area contributed by atoms with Crippen molar-refractivity contribution in [1.29, 1.82) is 0 Å². The molecule has 0 radical (unpaired) electrons. The summed E-state index contributed by atoms with van der Waals surface area (Å²) in [5.74, 6) is 1.23. The quantitative estimate of drug-likeness (QED) is 0.866. The lowest BCUT2D eigenvalue weighted by Crippen LogP contribution is -2.64. The second kappa shape index (κ2) is 5.70. The molecule has 2 aliphatic heterocycles. The van der Waals surface area contributed by atoms with Crippen molar-refractivity contribution in [1.82, 2.24) is 20.4 Å². The van der Waals surface area contributed by atoms with E-state index in [0.29, 0.717) is 29.1 Å². The fourth-order valence-electron chi connectivity index (χ4n) is 5.64. The molecule has 4 atom stereocenters. The number of unbranched alkanes of at least 4 members (excludes halogenated alkanes) is 1. The predicted molar refractivity (Wildman–Crippen MR) is 97.2 cm³/mol. The number of hydrogen-bond acceptors (Lipinski definition) is 3. The highest BCUT2D eigenvalue weighted by Gasteiger charge is 2.63. The number of aromatic amines is 1. The zero-order valence-corrected chi connectivity index (χ0v) is 15.1. The molecule has 3 unspecified atom stereocenters. The summed E-state index contributed by atoms with van der Waals surface area (Å²) in [5.41, 5.74) is 3.22. The maximum atomic E-state index is 12.9. The van der Waals surface area contributed by atoms with Crippen molar-refractivity contribution in [2.45, 2.75) is 63.5 Å². The molecule has 2 saturated heterocycles. The average Bonchev–Trinajstić information content (AvgIpc) is 3.03. The Morgan fingerprint density at radius 1 is 1.48 bits per heavy atom. The Bertz CT molecular complexity index is 719. The Labute approximate surface area is 149 Å². The van der Waals surface area contributed by atoms with Crippen LogP contribution in [0.4, 0.5) is 0 Å². The van der Waals surface area contributed by atoms with Crippen molar-refractivity contribution >= 4 is 12.0 Å². The maximum Gasteiger partial charge on any atom is 0.272 e. The maximum absolute atomic E-state index is 12.9. The topological polar surface area (TPSA) is 61.0 Å². The number of nitrogens with zero attached hydrogens (tertiary/aromatic N) is 2. The van der Waals surface area contributed by atoms with Gasteiger partial charge in [-0.05, 0) is 50.0 Å². The standard InChI is InChI=1S/C20H28N4O/c1-2-3-4-13-5-6-16-14(11-13)18(23-22-16)19(25)21-17-12-24-10-9-20(24)8-7-15(17)20/h5-6,13,15,17H,2-4,7-12H2,1H3,(H,21,25)(H,22,23)/t13?,15?,17-,20?/m1/s1. The summed E-state index contributed by atoms with van der Waals surface area (Å²) in [6, 6.07) is 0.311. The summed E-state index contributed by atoms with van der Waals surface area (Å²) in [6.45, 7) is 4.47. The number of allylic oxidation sites excluding steroid dienone is 1. The van der Waals surface area contributed by atoms with Crippen molar-refractivity contribution in [3.63, 3.8) is 0 Å². The Kier molecular flexibility index (Phi) is 3.56. The van der Waals surface area contributed by atoms with Crippen LogP contribution in [0.25, 0.3) is 6.08 Å². The second-order valence-corrected chi connectivity index (χ2v) is 8.45. The van der Waals surface area contributed by atoms with Crippen LogP contribution in [-0.4, -0.2) is 45.7 Å². The third-order valence-electron chi connectivity index (χ3n) is 7.29. The number of rotatable bonds is 5. The molecule has 1 amide bonds. The Morgan fingerprint density at radius 2 is 2.40 bits per heavy atom. The highest BCUT2D eigenvalue weighted by atomic mass is 16.2. The van der Waals surface area contributed by atoms with E-state index >= 15 is 0 Å². The molecule has 5 nitrogen and oxygen atoms in total. The second-order valence-electron chi connectivity index (χ2n) is 8.45. The Balaban J connectivity index is 1.29. The number of hydrogen-bond donors (Lipinski definition) is 2. The molecular weight excluding hydrogens is 312 g/mol. The van der Waals surface area contributed by atoms with E-state index in [1.807, 2.05) is 0 Å².